The highest BCUT2D eigenvalue weighted by atomic mass is 35.5. The molecule has 23 heavy (non-hydrogen) atoms. The first kappa shape index (κ1) is 15.6. The van der Waals surface area contributed by atoms with Gasteiger partial charge in [0.1, 0.15) is 11.6 Å². The van der Waals surface area contributed by atoms with E-state index in [4.69, 9.17) is 27.9 Å². The van der Waals surface area contributed by atoms with Gasteiger partial charge in [0.25, 0.3) is 0 Å². The van der Waals surface area contributed by atoms with Crippen LogP contribution in [-0.4, -0.2) is 27.1 Å². The number of hydrogen-bond acceptors (Lipinski definition) is 4. The van der Waals surface area contributed by atoms with Crippen molar-refractivity contribution in [2.45, 2.75) is 42.8 Å². The summed E-state index contributed by atoms with van der Waals surface area (Å²) >= 11 is 13.7. The lowest BCUT2D eigenvalue weighted by Gasteiger charge is -2.09. The largest absolute Gasteiger partial charge is 0.491 e. The van der Waals surface area contributed by atoms with Gasteiger partial charge in [0.2, 0.25) is 0 Å². The van der Waals surface area contributed by atoms with Gasteiger partial charge in [0, 0.05) is 22.7 Å². The Hall–Kier alpha value is -0.910. The van der Waals surface area contributed by atoms with Crippen molar-refractivity contribution in [3.63, 3.8) is 0 Å². The molecule has 4 nitrogen and oxygen atoms in total. The zero-order valence-electron chi connectivity index (χ0n) is 12.5. The number of thioether (sulfide) groups is 1. The Morgan fingerprint density at radius 3 is 2.70 bits per heavy atom. The van der Waals surface area contributed by atoms with Crippen molar-refractivity contribution in [3.8, 4) is 5.75 Å². The fraction of sp³-hybridized carbons (Fsp3) is 0.500. The van der Waals surface area contributed by atoms with E-state index in [-0.39, 0.29) is 0 Å². The van der Waals surface area contributed by atoms with Crippen molar-refractivity contribution in [1.29, 1.82) is 0 Å². The van der Waals surface area contributed by atoms with Crippen LogP contribution in [0.2, 0.25) is 10.0 Å². The molecular weight excluding hydrogens is 353 g/mol. The quantitative estimate of drug-likeness (QED) is 0.510. The molecule has 1 heterocycles. The highest BCUT2D eigenvalue weighted by Crippen LogP contribution is 2.46. The fourth-order valence-electron chi connectivity index (χ4n) is 2.56. The highest BCUT2D eigenvalue weighted by molar-refractivity contribution is 7.99. The number of benzene rings is 1. The third kappa shape index (κ3) is 3.62. The number of hydrogen-bond donors (Lipinski definition) is 0. The summed E-state index contributed by atoms with van der Waals surface area (Å²) in [5, 5.41) is 11.0. The van der Waals surface area contributed by atoms with Crippen LogP contribution in [0.4, 0.5) is 0 Å². The Balaban J connectivity index is 1.34. The second kappa shape index (κ2) is 6.54. The molecule has 0 bridgehead atoms. The lowest BCUT2D eigenvalue weighted by atomic mass is 10.3. The van der Waals surface area contributed by atoms with Crippen LogP contribution >= 0.6 is 35.0 Å². The van der Waals surface area contributed by atoms with Crippen LogP contribution in [0, 0.1) is 0 Å². The Morgan fingerprint density at radius 1 is 1.17 bits per heavy atom. The second-order valence-corrected chi connectivity index (χ2v) is 7.89. The molecule has 0 spiro atoms. The predicted octanol–water partition coefficient (Wildman–Crippen LogP) is 4.97. The predicted molar refractivity (Wildman–Crippen MR) is 92.9 cm³/mol. The summed E-state index contributed by atoms with van der Waals surface area (Å²) in [6.07, 6.45) is 5.02. The van der Waals surface area contributed by atoms with Gasteiger partial charge < -0.3 is 9.30 Å². The van der Waals surface area contributed by atoms with E-state index in [1.165, 1.54) is 31.5 Å². The van der Waals surface area contributed by atoms with E-state index in [2.05, 4.69) is 14.8 Å². The van der Waals surface area contributed by atoms with Crippen LogP contribution < -0.4 is 4.74 Å². The lowest BCUT2D eigenvalue weighted by molar-refractivity contribution is 0.344. The number of rotatable bonds is 7. The van der Waals surface area contributed by atoms with Gasteiger partial charge >= 0.3 is 0 Å². The third-order valence-electron chi connectivity index (χ3n) is 4.01. The molecule has 122 valence electrons. The Bertz CT molecular complexity index is 713. The Labute approximate surface area is 149 Å². The van der Waals surface area contributed by atoms with E-state index in [1.807, 2.05) is 0 Å². The smallest absolute Gasteiger partial charge is 0.191 e. The van der Waals surface area contributed by atoms with Gasteiger partial charge in [0.15, 0.2) is 5.16 Å². The first-order chi connectivity index (χ1) is 11.2. The van der Waals surface area contributed by atoms with Gasteiger partial charge in [0.05, 0.1) is 11.6 Å². The van der Waals surface area contributed by atoms with Crippen LogP contribution in [-0.2, 0) is 0 Å². The van der Waals surface area contributed by atoms with Gasteiger partial charge in [-0.15, -0.1) is 10.2 Å². The average molecular weight is 370 g/mol. The van der Waals surface area contributed by atoms with E-state index in [9.17, 15) is 0 Å². The third-order valence-corrected chi connectivity index (χ3v) is 5.45. The molecule has 2 saturated carbocycles. The van der Waals surface area contributed by atoms with Gasteiger partial charge in [-0.1, -0.05) is 35.0 Å². The van der Waals surface area contributed by atoms with Crippen molar-refractivity contribution in [2.75, 3.05) is 12.4 Å². The fourth-order valence-corrected chi connectivity index (χ4v) is 3.85. The SMILES string of the molecule is Clc1ccc(OCCSc2nnc(C3CC3)n2C2CC2)c(Cl)c1. The maximum atomic E-state index is 6.10. The average Bonchev–Trinajstić information content (AvgIpc) is 3.44. The Kier molecular flexibility index (Phi) is 4.43. The van der Waals surface area contributed by atoms with Crippen molar-refractivity contribution in [2.24, 2.45) is 0 Å². The van der Waals surface area contributed by atoms with E-state index >= 15 is 0 Å². The molecule has 1 aromatic heterocycles. The minimum atomic E-state index is 0.541. The lowest BCUT2D eigenvalue weighted by Crippen LogP contribution is -2.05. The molecule has 0 aliphatic heterocycles. The molecule has 0 radical (unpaired) electrons. The van der Waals surface area contributed by atoms with Gasteiger partial charge in [-0.3, -0.25) is 0 Å². The molecule has 2 aliphatic carbocycles. The normalized spacial score (nSPS) is 17.5. The zero-order chi connectivity index (χ0) is 15.8. The standard InChI is InChI=1S/C16H17Cl2N3OS/c17-11-3-6-14(13(18)9-11)22-7-8-23-16-20-19-15(10-1-2-10)21(16)12-4-5-12/h3,6,9-10,12H,1-2,4-5,7-8H2. The molecular formula is C16H17Cl2N3OS. The van der Waals surface area contributed by atoms with Crippen molar-refractivity contribution in [3.05, 3.63) is 34.1 Å². The summed E-state index contributed by atoms with van der Waals surface area (Å²) in [6.45, 7) is 0.572. The molecule has 7 heteroatoms. The second-order valence-electron chi connectivity index (χ2n) is 5.99. The summed E-state index contributed by atoms with van der Waals surface area (Å²) in [5.41, 5.74) is 0. The molecule has 2 aliphatic rings. The molecule has 1 aromatic carbocycles. The van der Waals surface area contributed by atoms with Crippen molar-refractivity contribution in [1.82, 2.24) is 14.8 Å². The summed E-state index contributed by atoms with van der Waals surface area (Å²) < 4.78 is 8.09. The van der Waals surface area contributed by atoms with Crippen molar-refractivity contribution >= 4 is 35.0 Å². The Morgan fingerprint density at radius 2 is 2.00 bits per heavy atom. The van der Waals surface area contributed by atoms with E-state index < -0.39 is 0 Å². The highest BCUT2D eigenvalue weighted by Gasteiger charge is 2.36. The van der Waals surface area contributed by atoms with Gasteiger partial charge in [-0.05, 0) is 43.9 Å². The van der Waals surface area contributed by atoms with Crippen LogP contribution in [0.25, 0.3) is 0 Å². The molecule has 0 amide bonds. The van der Waals surface area contributed by atoms with Gasteiger partial charge in [-0.25, -0.2) is 0 Å². The van der Waals surface area contributed by atoms with Crippen molar-refractivity contribution < 1.29 is 4.74 Å². The summed E-state index contributed by atoms with van der Waals surface area (Å²) in [7, 11) is 0. The monoisotopic (exact) mass is 369 g/mol. The van der Waals surface area contributed by atoms with Crippen LogP contribution in [0.5, 0.6) is 5.75 Å². The molecule has 0 saturated heterocycles. The molecule has 4 rings (SSSR count). The summed E-state index contributed by atoms with van der Waals surface area (Å²) in [6, 6.07) is 5.89. The molecule has 2 aromatic rings. The zero-order valence-corrected chi connectivity index (χ0v) is 14.9. The topological polar surface area (TPSA) is 39.9 Å². The first-order valence-electron chi connectivity index (χ1n) is 7.88. The van der Waals surface area contributed by atoms with Crippen LogP contribution in [0.1, 0.15) is 43.5 Å². The minimum absolute atomic E-state index is 0.541. The maximum Gasteiger partial charge on any atom is 0.191 e. The molecule has 0 N–H and O–H groups in total. The first-order valence-corrected chi connectivity index (χ1v) is 9.62. The number of ether oxygens (including phenoxy) is 1. The van der Waals surface area contributed by atoms with Crippen LogP contribution in [0.15, 0.2) is 23.4 Å². The molecule has 2 fully saturated rings. The summed E-state index contributed by atoms with van der Waals surface area (Å²) in [5.74, 6) is 3.31. The number of nitrogens with zero attached hydrogens (tertiary/aromatic N) is 3. The van der Waals surface area contributed by atoms with E-state index in [0.717, 1.165) is 10.9 Å². The number of halogens is 2. The number of aromatic nitrogens is 3. The minimum Gasteiger partial charge on any atom is -0.491 e. The molecule has 0 atom stereocenters. The van der Waals surface area contributed by atoms with E-state index in [1.54, 1.807) is 30.0 Å². The van der Waals surface area contributed by atoms with Crippen LogP contribution in [0.3, 0.4) is 0 Å². The molecule has 0 unspecified atom stereocenters. The van der Waals surface area contributed by atoms with Gasteiger partial charge in [-0.2, -0.15) is 0 Å². The maximum absolute atomic E-state index is 6.10. The van der Waals surface area contributed by atoms with E-state index in [0.29, 0.717) is 34.4 Å². The summed E-state index contributed by atoms with van der Waals surface area (Å²) in [4.78, 5) is 0.